The Kier molecular flexibility index (Phi) is 8.37. The molecule has 0 atom stereocenters. The number of urea groups is 1. The van der Waals surface area contributed by atoms with Crippen LogP contribution in [0.25, 0.3) is 0 Å². The highest BCUT2D eigenvalue weighted by atomic mass is 79.9. The third-order valence-electron chi connectivity index (χ3n) is 4.90. The molecule has 0 saturated carbocycles. The van der Waals surface area contributed by atoms with Crippen LogP contribution in [-0.4, -0.2) is 50.1 Å². The van der Waals surface area contributed by atoms with Gasteiger partial charge in [-0.2, -0.15) is 0 Å². The Morgan fingerprint density at radius 3 is 2.63 bits per heavy atom. The predicted octanol–water partition coefficient (Wildman–Crippen LogP) is 2.87. The molecule has 0 radical (unpaired) electrons. The molecular weight excluding hydrogens is 412 g/mol. The molecule has 27 heavy (non-hydrogen) atoms. The molecule has 150 valence electrons. The first-order chi connectivity index (χ1) is 12.9. The van der Waals surface area contributed by atoms with Gasteiger partial charge in [0.05, 0.1) is 12.8 Å². The van der Waals surface area contributed by atoms with E-state index in [2.05, 4.69) is 31.5 Å². The molecule has 3 amide bonds. The van der Waals surface area contributed by atoms with Gasteiger partial charge < -0.3 is 26.0 Å². The van der Waals surface area contributed by atoms with Crippen LogP contribution < -0.4 is 21.1 Å². The lowest BCUT2D eigenvalue weighted by Crippen LogP contribution is -2.39. The summed E-state index contributed by atoms with van der Waals surface area (Å²) in [5, 5.41) is 5.75. The van der Waals surface area contributed by atoms with Gasteiger partial charge in [-0.25, -0.2) is 4.79 Å². The van der Waals surface area contributed by atoms with Crippen LogP contribution in [0, 0.1) is 12.8 Å². The van der Waals surface area contributed by atoms with Gasteiger partial charge in [0.2, 0.25) is 5.91 Å². The number of primary amides is 1. The number of carbonyl (C=O) groups excluding carboxylic acids is 2. The summed E-state index contributed by atoms with van der Waals surface area (Å²) < 4.78 is 6.24. The van der Waals surface area contributed by atoms with Crippen molar-refractivity contribution in [2.45, 2.75) is 32.6 Å². The zero-order chi connectivity index (χ0) is 19.8. The molecule has 1 aromatic rings. The number of hydrogen-bond donors (Lipinski definition) is 3. The number of nitrogens with one attached hydrogen (secondary N) is 2. The number of benzene rings is 1. The van der Waals surface area contributed by atoms with Crippen molar-refractivity contribution in [3.63, 3.8) is 0 Å². The molecule has 1 fully saturated rings. The second-order valence-corrected chi connectivity index (χ2v) is 7.82. The van der Waals surface area contributed by atoms with E-state index in [9.17, 15) is 9.59 Å². The van der Waals surface area contributed by atoms with Crippen molar-refractivity contribution in [3.8, 4) is 5.75 Å². The zero-order valence-corrected chi connectivity index (χ0v) is 17.6. The van der Waals surface area contributed by atoms with Gasteiger partial charge in [0.25, 0.3) is 0 Å². The average molecular weight is 441 g/mol. The van der Waals surface area contributed by atoms with Crippen LogP contribution in [0.3, 0.4) is 0 Å². The van der Waals surface area contributed by atoms with E-state index in [-0.39, 0.29) is 17.9 Å². The lowest BCUT2D eigenvalue weighted by atomic mass is 9.96. The maximum atomic E-state index is 12.1. The largest absolute Gasteiger partial charge is 0.495 e. The van der Waals surface area contributed by atoms with Crippen molar-refractivity contribution in [1.82, 2.24) is 10.2 Å². The van der Waals surface area contributed by atoms with Gasteiger partial charge in [0, 0.05) is 16.9 Å². The Balaban J connectivity index is 1.65. The minimum Gasteiger partial charge on any atom is -0.495 e. The van der Waals surface area contributed by atoms with Crippen molar-refractivity contribution in [2.75, 3.05) is 38.6 Å². The Labute approximate surface area is 169 Å². The third-order valence-corrected chi connectivity index (χ3v) is 5.36. The number of piperidine rings is 1. The number of aryl methyl sites for hydroxylation is 1. The SMILES string of the molecule is COc1cc(Br)cc(C)c1NC(=O)NCCCCN1CCC(C(N)=O)CC1. The standard InChI is InChI=1S/C19H29BrN4O3/c1-13-11-15(20)12-16(27-2)17(13)23-19(26)22-7-3-4-8-24-9-5-14(6-10-24)18(21)25/h11-12,14H,3-10H2,1-2H3,(H2,21,25)(H2,22,23,26). The van der Waals surface area contributed by atoms with E-state index < -0.39 is 0 Å². The molecule has 7 nitrogen and oxygen atoms in total. The van der Waals surface area contributed by atoms with Gasteiger partial charge in [-0.3, -0.25) is 4.79 Å². The topological polar surface area (TPSA) is 96.7 Å². The minimum absolute atomic E-state index is 0.0330. The molecule has 8 heteroatoms. The normalized spacial score (nSPS) is 15.4. The lowest BCUT2D eigenvalue weighted by Gasteiger charge is -2.30. The summed E-state index contributed by atoms with van der Waals surface area (Å²) in [7, 11) is 1.58. The van der Waals surface area contributed by atoms with Gasteiger partial charge in [-0.1, -0.05) is 15.9 Å². The first-order valence-corrected chi connectivity index (χ1v) is 10.1. The number of halogens is 1. The maximum absolute atomic E-state index is 12.1. The smallest absolute Gasteiger partial charge is 0.319 e. The number of likely N-dealkylation sites (tertiary alicyclic amines) is 1. The van der Waals surface area contributed by atoms with Gasteiger partial charge in [0.1, 0.15) is 5.75 Å². The number of anilines is 1. The van der Waals surface area contributed by atoms with E-state index in [0.717, 1.165) is 55.4 Å². The number of unbranched alkanes of at least 4 members (excludes halogenated alkanes) is 1. The Bertz CT molecular complexity index is 661. The van der Waals surface area contributed by atoms with E-state index in [1.54, 1.807) is 7.11 Å². The highest BCUT2D eigenvalue weighted by Crippen LogP contribution is 2.31. The number of methoxy groups -OCH3 is 1. The van der Waals surface area contributed by atoms with Crippen molar-refractivity contribution in [1.29, 1.82) is 0 Å². The van der Waals surface area contributed by atoms with Crippen molar-refractivity contribution in [3.05, 3.63) is 22.2 Å². The van der Waals surface area contributed by atoms with Gasteiger partial charge >= 0.3 is 6.03 Å². The predicted molar refractivity (Wildman–Crippen MR) is 110 cm³/mol. The number of hydrogen-bond acceptors (Lipinski definition) is 4. The fourth-order valence-electron chi connectivity index (χ4n) is 3.29. The number of ether oxygens (including phenoxy) is 1. The molecule has 0 spiro atoms. The van der Waals surface area contributed by atoms with Crippen LogP contribution in [-0.2, 0) is 4.79 Å². The molecule has 0 aliphatic carbocycles. The number of rotatable bonds is 8. The molecule has 0 aromatic heterocycles. The number of carbonyl (C=O) groups is 2. The summed E-state index contributed by atoms with van der Waals surface area (Å²) in [6, 6.07) is 3.52. The first-order valence-electron chi connectivity index (χ1n) is 9.31. The average Bonchev–Trinajstić information content (AvgIpc) is 2.63. The second-order valence-electron chi connectivity index (χ2n) is 6.91. The molecule has 0 bridgehead atoms. The van der Waals surface area contributed by atoms with Crippen LogP contribution in [0.2, 0.25) is 0 Å². The summed E-state index contributed by atoms with van der Waals surface area (Å²) in [5.41, 5.74) is 6.96. The third kappa shape index (κ3) is 6.70. The Morgan fingerprint density at radius 1 is 1.30 bits per heavy atom. The highest BCUT2D eigenvalue weighted by molar-refractivity contribution is 9.10. The van der Waals surface area contributed by atoms with Gasteiger partial charge in [0.15, 0.2) is 0 Å². The number of nitrogens with two attached hydrogens (primary N) is 1. The van der Waals surface area contributed by atoms with Gasteiger partial charge in [-0.05, 0) is 69.9 Å². The molecule has 0 unspecified atom stereocenters. The Hall–Kier alpha value is -1.80. The molecule has 1 heterocycles. The van der Waals surface area contributed by atoms with E-state index in [1.807, 2.05) is 19.1 Å². The zero-order valence-electron chi connectivity index (χ0n) is 16.0. The number of amides is 3. The van der Waals surface area contributed by atoms with E-state index in [0.29, 0.717) is 18.0 Å². The van der Waals surface area contributed by atoms with E-state index in [1.165, 1.54) is 0 Å². The quantitative estimate of drug-likeness (QED) is 0.541. The van der Waals surface area contributed by atoms with Gasteiger partial charge in [-0.15, -0.1) is 0 Å². The molecule has 1 aliphatic rings. The molecule has 2 rings (SSSR count). The Morgan fingerprint density at radius 2 is 2.00 bits per heavy atom. The molecule has 1 aliphatic heterocycles. The molecular formula is C19H29BrN4O3. The van der Waals surface area contributed by atoms with Crippen LogP contribution in [0.15, 0.2) is 16.6 Å². The summed E-state index contributed by atoms with van der Waals surface area (Å²) in [6.45, 7) is 5.36. The van der Waals surface area contributed by atoms with Crippen LogP contribution in [0.5, 0.6) is 5.75 Å². The lowest BCUT2D eigenvalue weighted by molar-refractivity contribution is -0.123. The minimum atomic E-state index is -0.235. The van der Waals surface area contributed by atoms with Crippen molar-refractivity contribution in [2.24, 2.45) is 11.7 Å². The molecule has 1 aromatic carbocycles. The monoisotopic (exact) mass is 440 g/mol. The van der Waals surface area contributed by atoms with Crippen molar-refractivity contribution >= 4 is 33.6 Å². The van der Waals surface area contributed by atoms with Crippen molar-refractivity contribution < 1.29 is 14.3 Å². The van der Waals surface area contributed by atoms with Crippen LogP contribution in [0.4, 0.5) is 10.5 Å². The van der Waals surface area contributed by atoms with Crippen LogP contribution >= 0.6 is 15.9 Å². The summed E-state index contributed by atoms with van der Waals surface area (Å²) in [5.74, 6) is 0.476. The molecule has 4 N–H and O–H groups in total. The second kappa shape index (κ2) is 10.5. The van der Waals surface area contributed by atoms with E-state index in [4.69, 9.17) is 10.5 Å². The number of nitrogens with zero attached hydrogens (tertiary/aromatic N) is 1. The maximum Gasteiger partial charge on any atom is 0.319 e. The summed E-state index contributed by atoms with van der Waals surface area (Å²) in [4.78, 5) is 25.7. The summed E-state index contributed by atoms with van der Waals surface area (Å²) >= 11 is 3.42. The molecule has 1 saturated heterocycles. The van der Waals surface area contributed by atoms with E-state index >= 15 is 0 Å². The fourth-order valence-corrected chi connectivity index (χ4v) is 3.85. The van der Waals surface area contributed by atoms with Crippen LogP contribution in [0.1, 0.15) is 31.2 Å². The highest BCUT2D eigenvalue weighted by Gasteiger charge is 2.22. The fraction of sp³-hybridized carbons (Fsp3) is 0.579. The summed E-state index contributed by atoms with van der Waals surface area (Å²) in [6.07, 6.45) is 3.61. The first kappa shape index (κ1) is 21.5.